The average Bonchev–Trinajstić information content (AvgIpc) is 3.14. The normalized spacial score (nSPS) is 17.4. The van der Waals surface area contributed by atoms with Crippen LogP contribution in [0.2, 0.25) is 0 Å². The first-order valence-corrected chi connectivity index (χ1v) is 19.6. The Morgan fingerprint density at radius 2 is 0.957 bits per heavy atom. The molecule has 2 heteroatoms. The van der Waals surface area contributed by atoms with E-state index in [1.165, 1.54) is 53.3 Å². The summed E-state index contributed by atoms with van der Waals surface area (Å²) in [7, 11) is -1.34. The summed E-state index contributed by atoms with van der Waals surface area (Å²) in [4.78, 5) is 0. The summed E-state index contributed by atoms with van der Waals surface area (Å²) in [5.41, 5.74) is 8.52. The molecule has 0 unspecified atom stereocenters. The molecule has 6 aromatic carbocycles. The number of hydrogen-bond donors (Lipinski definition) is 0. The molecule has 0 saturated carbocycles. The first-order chi connectivity index (χ1) is 22.9. The lowest BCUT2D eigenvalue weighted by Gasteiger charge is -2.42. The Bertz CT molecular complexity index is 1820. The smallest absolute Gasteiger partial charge is 0.0175 e. The fourth-order valence-corrected chi connectivity index (χ4v) is 13.6. The van der Waals surface area contributed by atoms with Gasteiger partial charge in [-0.25, -0.2) is 0 Å². The van der Waals surface area contributed by atoms with Crippen molar-refractivity contribution in [2.24, 2.45) is 0 Å². The van der Waals surface area contributed by atoms with E-state index in [9.17, 15) is 0 Å². The van der Waals surface area contributed by atoms with Gasteiger partial charge in [-0.3, -0.25) is 0 Å². The Labute approximate surface area is 277 Å². The zero-order chi connectivity index (χ0) is 30.7. The molecule has 0 nitrogen and oxygen atoms in total. The molecule has 0 fully saturated rings. The lowest BCUT2D eigenvalue weighted by molar-refractivity contribution is 0.612. The molecule has 2 aliphatic rings. The number of fused-ring (bicyclic) bond motifs is 2. The third-order valence-corrected chi connectivity index (χ3v) is 15.4. The number of aryl methyl sites for hydroxylation is 2. The molecule has 226 valence electrons. The van der Waals surface area contributed by atoms with Gasteiger partial charge in [0.2, 0.25) is 0 Å². The largest absolute Gasteiger partial charge is 0.0622 e. The predicted molar refractivity (Wildman–Crippen MR) is 201 cm³/mol. The van der Waals surface area contributed by atoms with Crippen molar-refractivity contribution in [3.8, 4) is 0 Å². The van der Waals surface area contributed by atoms with Gasteiger partial charge < -0.3 is 0 Å². The minimum absolute atomic E-state index is 0.344. The quantitative estimate of drug-likeness (QED) is 0.155. The van der Waals surface area contributed by atoms with Crippen molar-refractivity contribution in [1.82, 2.24) is 0 Å². The molecule has 0 radical (unpaired) electrons. The van der Waals surface area contributed by atoms with Crippen LogP contribution in [-0.2, 0) is 19.3 Å². The van der Waals surface area contributed by atoms with Gasteiger partial charge in [-0.2, -0.15) is 0 Å². The Morgan fingerprint density at radius 3 is 1.57 bits per heavy atom. The average molecular weight is 631 g/mol. The van der Waals surface area contributed by atoms with Gasteiger partial charge in [0.15, 0.2) is 0 Å². The third-order valence-electron chi connectivity index (χ3n) is 10.0. The van der Waals surface area contributed by atoms with Crippen molar-refractivity contribution >= 4 is 42.4 Å². The van der Waals surface area contributed by atoms with E-state index in [0.29, 0.717) is 11.6 Å². The summed E-state index contributed by atoms with van der Waals surface area (Å²) >= 11 is 0. The highest BCUT2D eigenvalue weighted by Crippen LogP contribution is 2.55. The second-order valence-corrected chi connectivity index (χ2v) is 17.3. The molecule has 0 aromatic heterocycles. The predicted octanol–water partition coefficient (Wildman–Crippen LogP) is 8.90. The SMILES string of the molecule is c1ccc(P(c2ccccc2)c2ccc3c(c2[C@H]2c4ccccc4CC[C@H]2P(c2ccccc2)c2ccccc2)CCCC3)cc1. The van der Waals surface area contributed by atoms with E-state index in [1.807, 2.05) is 0 Å². The summed E-state index contributed by atoms with van der Waals surface area (Å²) in [5.74, 6) is 0.344. The molecule has 6 aromatic rings. The maximum atomic E-state index is 2.56. The highest BCUT2D eigenvalue weighted by Gasteiger charge is 2.41. The fraction of sp³-hybridized carbons (Fsp3) is 0.182. The van der Waals surface area contributed by atoms with Crippen LogP contribution in [0.4, 0.5) is 0 Å². The van der Waals surface area contributed by atoms with Gasteiger partial charge >= 0.3 is 0 Å². The molecule has 8 rings (SSSR count). The van der Waals surface area contributed by atoms with E-state index in [0.717, 1.165) is 6.42 Å². The zero-order valence-electron chi connectivity index (χ0n) is 26.3. The van der Waals surface area contributed by atoms with Crippen LogP contribution in [0, 0.1) is 0 Å². The van der Waals surface area contributed by atoms with Crippen molar-refractivity contribution in [1.29, 1.82) is 0 Å². The van der Waals surface area contributed by atoms with Crippen molar-refractivity contribution in [2.45, 2.75) is 50.1 Å². The monoisotopic (exact) mass is 630 g/mol. The summed E-state index contributed by atoms with van der Waals surface area (Å²) in [6.07, 6.45) is 7.31. The van der Waals surface area contributed by atoms with Crippen LogP contribution in [0.3, 0.4) is 0 Å². The lowest BCUT2D eigenvalue weighted by atomic mass is 9.74. The summed E-state index contributed by atoms with van der Waals surface area (Å²) in [6.45, 7) is 0. The van der Waals surface area contributed by atoms with Crippen LogP contribution in [0.1, 0.15) is 53.0 Å². The number of benzene rings is 6. The Balaban J connectivity index is 1.42. The second-order valence-electron chi connectivity index (χ2n) is 12.7. The third kappa shape index (κ3) is 5.68. The van der Waals surface area contributed by atoms with Crippen molar-refractivity contribution < 1.29 is 0 Å². The molecule has 2 atom stereocenters. The minimum atomic E-state index is -0.736. The first kappa shape index (κ1) is 29.6. The van der Waals surface area contributed by atoms with Crippen LogP contribution in [0.25, 0.3) is 0 Å². The van der Waals surface area contributed by atoms with Crippen molar-refractivity contribution in [3.63, 3.8) is 0 Å². The van der Waals surface area contributed by atoms with Crippen molar-refractivity contribution in [3.05, 3.63) is 186 Å². The summed E-state index contributed by atoms with van der Waals surface area (Å²) in [6, 6.07) is 60.2. The Kier molecular flexibility index (Phi) is 8.68. The van der Waals surface area contributed by atoms with Crippen LogP contribution in [-0.4, -0.2) is 5.66 Å². The van der Waals surface area contributed by atoms with E-state index >= 15 is 0 Å². The lowest BCUT2D eigenvalue weighted by Crippen LogP contribution is -2.36. The summed E-state index contributed by atoms with van der Waals surface area (Å²) in [5, 5.41) is 7.44. The van der Waals surface area contributed by atoms with Crippen LogP contribution in [0.5, 0.6) is 0 Å². The molecule has 0 heterocycles. The van der Waals surface area contributed by atoms with Gasteiger partial charge in [0.25, 0.3) is 0 Å². The fourth-order valence-electron chi connectivity index (χ4n) is 8.05. The molecular formula is C44H40P2. The molecule has 0 saturated heterocycles. The van der Waals surface area contributed by atoms with Crippen LogP contribution < -0.4 is 26.5 Å². The molecule has 46 heavy (non-hydrogen) atoms. The van der Waals surface area contributed by atoms with Gasteiger partial charge in [0, 0.05) is 5.92 Å². The molecule has 0 amide bonds. The van der Waals surface area contributed by atoms with Crippen LogP contribution in [0.15, 0.2) is 158 Å². The molecule has 0 N–H and O–H groups in total. The highest BCUT2D eigenvalue weighted by atomic mass is 31.1. The molecule has 0 aliphatic heterocycles. The van der Waals surface area contributed by atoms with Crippen LogP contribution >= 0.6 is 15.8 Å². The highest BCUT2D eigenvalue weighted by molar-refractivity contribution is 7.80. The molecule has 0 spiro atoms. The topological polar surface area (TPSA) is 0 Å². The molecular weight excluding hydrogens is 590 g/mol. The second kappa shape index (κ2) is 13.5. The molecule has 0 bridgehead atoms. The van der Waals surface area contributed by atoms with Gasteiger partial charge in [0.1, 0.15) is 0 Å². The number of hydrogen-bond acceptors (Lipinski definition) is 0. The minimum Gasteiger partial charge on any atom is -0.0622 e. The van der Waals surface area contributed by atoms with E-state index in [2.05, 4.69) is 158 Å². The Morgan fingerprint density at radius 1 is 0.435 bits per heavy atom. The zero-order valence-corrected chi connectivity index (χ0v) is 28.1. The standard InChI is InChI=1S/C44H40P2/c1-5-19-35(20-6-1)45(36-21-7-2-8-22-36)41-31-29-33-17-13-15-27-39(33)43(41)44-40-28-16-14-18-34(40)30-32-42(44)46(37-23-9-3-10-24-37)38-25-11-4-12-26-38/h1-13,15,17,19-27,30,32,41,43H,14,16,18,28-29,31H2/t41-,43+/m1/s1. The van der Waals surface area contributed by atoms with E-state index in [-0.39, 0.29) is 0 Å². The maximum absolute atomic E-state index is 2.56. The van der Waals surface area contributed by atoms with E-state index in [1.54, 1.807) is 33.1 Å². The maximum Gasteiger partial charge on any atom is 0.0175 e. The van der Waals surface area contributed by atoms with Gasteiger partial charge in [0.05, 0.1) is 0 Å². The summed E-state index contributed by atoms with van der Waals surface area (Å²) < 4.78 is 0. The first-order valence-electron chi connectivity index (χ1n) is 16.9. The Hall–Kier alpha value is -3.82. The molecule has 2 aliphatic carbocycles. The van der Waals surface area contributed by atoms with Gasteiger partial charge in [-0.1, -0.05) is 158 Å². The van der Waals surface area contributed by atoms with Gasteiger partial charge in [-0.05, 0) is 114 Å². The van der Waals surface area contributed by atoms with E-state index in [4.69, 9.17) is 0 Å². The van der Waals surface area contributed by atoms with E-state index < -0.39 is 15.8 Å². The van der Waals surface area contributed by atoms with Gasteiger partial charge in [-0.15, -0.1) is 0 Å². The number of rotatable bonds is 7. The van der Waals surface area contributed by atoms with Crippen molar-refractivity contribution in [2.75, 3.05) is 0 Å².